The van der Waals surface area contributed by atoms with Crippen molar-refractivity contribution in [2.45, 2.75) is 39.9 Å². The molecule has 0 radical (unpaired) electrons. The first-order chi connectivity index (χ1) is 7.43. The van der Waals surface area contributed by atoms with Crippen LogP contribution in [0.25, 0.3) is 0 Å². The van der Waals surface area contributed by atoms with Gasteiger partial charge in [-0.05, 0) is 38.8 Å². The summed E-state index contributed by atoms with van der Waals surface area (Å²) in [6, 6.07) is 0. The Balaban J connectivity index is 3.52. The molecule has 0 aliphatic heterocycles. The number of aliphatic hydroxyl groups is 2. The summed E-state index contributed by atoms with van der Waals surface area (Å²) in [5.41, 5.74) is 0. The second kappa shape index (κ2) is 8.93. The molecule has 4 heteroatoms. The van der Waals surface area contributed by atoms with Crippen molar-refractivity contribution in [3.05, 3.63) is 0 Å². The monoisotopic (exact) mass is 232 g/mol. The molecule has 0 amide bonds. The van der Waals surface area contributed by atoms with E-state index in [1.54, 1.807) is 13.8 Å². The van der Waals surface area contributed by atoms with Crippen LogP contribution in [0.15, 0.2) is 0 Å². The molecule has 98 valence electrons. The van der Waals surface area contributed by atoms with Crippen LogP contribution in [0.2, 0.25) is 0 Å². The van der Waals surface area contributed by atoms with Gasteiger partial charge in [0.15, 0.2) is 0 Å². The van der Waals surface area contributed by atoms with Gasteiger partial charge < -0.3 is 20.8 Å². The van der Waals surface area contributed by atoms with E-state index in [2.05, 4.69) is 24.5 Å². The Labute approximate surface area is 99.4 Å². The van der Waals surface area contributed by atoms with E-state index in [0.29, 0.717) is 24.9 Å². The van der Waals surface area contributed by atoms with Crippen LogP contribution in [0.3, 0.4) is 0 Å². The van der Waals surface area contributed by atoms with Crippen molar-refractivity contribution in [3.8, 4) is 0 Å². The van der Waals surface area contributed by atoms with Crippen molar-refractivity contribution in [1.29, 1.82) is 0 Å². The first-order valence-corrected chi connectivity index (χ1v) is 6.21. The fourth-order valence-corrected chi connectivity index (χ4v) is 1.44. The molecule has 4 unspecified atom stereocenters. The Hall–Kier alpha value is -0.160. The maximum absolute atomic E-state index is 9.10. The standard InChI is InChI=1S/C12H28N2O2/c1-9(5-13-7-11(3)15)10(2)6-14-8-12(4)16/h9-16H,5-8H2,1-4H3. The predicted molar refractivity (Wildman–Crippen MR) is 67.4 cm³/mol. The number of aliphatic hydroxyl groups excluding tert-OH is 2. The molecule has 0 bridgehead atoms. The van der Waals surface area contributed by atoms with E-state index in [1.165, 1.54) is 0 Å². The van der Waals surface area contributed by atoms with Gasteiger partial charge in [-0.25, -0.2) is 0 Å². The molecule has 16 heavy (non-hydrogen) atoms. The first-order valence-electron chi connectivity index (χ1n) is 6.21. The minimum Gasteiger partial charge on any atom is -0.392 e. The molecule has 0 aromatic carbocycles. The van der Waals surface area contributed by atoms with Crippen LogP contribution >= 0.6 is 0 Å². The van der Waals surface area contributed by atoms with Crippen LogP contribution in [0.4, 0.5) is 0 Å². The summed E-state index contributed by atoms with van der Waals surface area (Å²) in [5, 5.41) is 24.7. The lowest BCUT2D eigenvalue weighted by Gasteiger charge is -2.21. The van der Waals surface area contributed by atoms with Crippen molar-refractivity contribution < 1.29 is 10.2 Å². The molecule has 0 aliphatic carbocycles. The Morgan fingerprint density at radius 2 is 1.00 bits per heavy atom. The van der Waals surface area contributed by atoms with Gasteiger partial charge in [0.25, 0.3) is 0 Å². The lowest BCUT2D eigenvalue weighted by Crippen LogP contribution is -2.35. The fourth-order valence-electron chi connectivity index (χ4n) is 1.44. The maximum Gasteiger partial charge on any atom is 0.0636 e. The van der Waals surface area contributed by atoms with E-state index >= 15 is 0 Å². The second-order valence-corrected chi connectivity index (χ2v) is 4.97. The summed E-state index contributed by atoms with van der Waals surface area (Å²) in [6.07, 6.45) is -0.563. The summed E-state index contributed by atoms with van der Waals surface area (Å²) in [5.74, 6) is 1.11. The van der Waals surface area contributed by atoms with Gasteiger partial charge in [0.05, 0.1) is 12.2 Å². The minimum atomic E-state index is -0.282. The van der Waals surface area contributed by atoms with Crippen molar-refractivity contribution in [1.82, 2.24) is 10.6 Å². The number of nitrogens with one attached hydrogen (secondary N) is 2. The Morgan fingerprint density at radius 3 is 1.25 bits per heavy atom. The molecular weight excluding hydrogens is 204 g/mol. The molecule has 0 heterocycles. The fraction of sp³-hybridized carbons (Fsp3) is 1.00. The van der Waals surface area contributed by atoms with Crippen molar-refractivity contribution in [2.24, 2.45) is 11.8 Å². The Morgan fingerprint density at radius 1 is 0.688 bits per heavy atom. The molecule has 0 spiro atoms. The van der Waals surface area contributed by atoms with Crippen LogP contribution in [0.5, 0.6) is 0 Å². The van der Waals surface area contributed by atoms with Gasteiger partial charge >= 0.3 is 0 Å². The van der Waals surface area contributed by atoms with E-state index in [0.717, 1.165) is 13.1 Å². The van der Waals surface area contributed by atoms with Gasteiger partial charge in [-0.2, -0.15) is 0 Å². The van der Waals surface area contributed by atoms with E-state index in [-0.39, 0.29) is 12.2 Å². The zero-order valence-electron chi connectivity index (χ0n) is 11.0. The first kappa shape index (κ1) is 15.8. The van der Waals surface area contributed by atoms with Gasteiger partial charge in [0.2, 0.25) is 0 Å². The van der Waals surface area contributed by atoms with Gasteiger partial charge in [-0.1, -0.05) is 13.8 Å². The van der Waals surface area contributed by atoms with E-state index < -0.39 is 0 Å². The average Bonchev–Trinajstić information content (AvgIpc) is 2.16. The van der Waals surface area contributed by atoms with Crippen LogP contribution in [0, 0.1) is 11.8 Å². The highest BCUT2D eigenvalue weighted by Gasteiger charge is 2.11. The highest BCUT2D eigenvalue weighted by Crippen LogP contribution is 2.08. The summed E-state index contributed by atoms with van der Waals surface area (Å²) in [4.78, 5) is 0. The molecular formula is C12H28N2O2. The molecule has 0 fully saturated rings. The Bertz CT molecular complexity index is 145. The lowest BCUT2D eigenvalue weighted by atomic mass is 9.96. The van der Waals surface area contributed by atoms with E-state index in [1.807, 2.05) is 0 Å². The third-order valence-electron chi connectivity index (χ3n) is 2.78. The molecule has 4 N–H and O–H groups in total. The van der Waals surface area contributed by atoms with Crippen molar-refractivity contribution in [3.63, 3.8) is 0 Å². The van der Waals surface area contributed by atoms with Crippen molar-refractivity contribution in [2.75, 3.05) is 26.2 Å². The maximum atomic E-state index is 9.10. The normalized spacial score (nSPS) is 19.1. The third kappa shape index (κ3) is 9.09. The zero-order chi connectivity index (χ0) is 12.6. The second-order valence-electron chi connectivity index (χ2n) is 4.97. The number of rotatable bonds is 9. The smallest absolute Gasteiger partial charge is 0.0636 e. The SMILES string of the molecule is CC(O)CNCC(C)C(C)CNCC(C)O. The number of hydrogen-bond acceptors (Lipinski definition) is 4. The van der Waals surface area contributed by atoms with Crippen LogP contribution in [0.1, 0.15) is 27.7 Å². The molecule has 4 nitrogen and oxygen atoms in total. The molecule has 0 saturated carbocycles. The predicted octanol–water partition coefficient (Wildman–Crippen LogP) is 0.199. The lowest BCUT2D eigenvalue weighted by molar-refractivity contribution is 0.181. The summed E-state index contributed by atoms with van der Waals surface area (Å²) in [6.45, 7) is 11.1. The van der Waals surface area contributed by atoms with Gasteiger partial charge in [-0.15, -0.1) is 0 Å². The van der Waals surface area contributed by atoms with Gasteiger partial charge in [-0.3, -0.25) is 0 Å². The van der Waals surface area contributed by atoms with Crippen LogP contribution in [-0.2, 0) is 0 Å². The summed E-state index contributed by atoms with van der Waals surface area (Å²) in [7, 11) is 0. The molecule has 0 aromatic heterocycles. The molecule has 0 rings (SSSR count). The molecule has 0 aliphatic rings. The van der Waals surface area contributed by atoms with E-state index in [4.69, 9.17) is 10.2 Å². The average molecular weight is 232 g/mol. The Kier molecular flexibility index (Phi) is 8.84. The summed E-state index contributed by atoms with van der Waals surface area (Å²) < 4.78 is 0. The quantitative estimate of drug-likeness (QED) is 0.458. The van der Waals surface area contributed by atoms with Gasteiger partial charge in [0.1, 0.15) is 0 Å². The molecule has 4 atom stereocenters. The summed E-state index contributed by atoms with van der Waals surface area (Å²) >= 11 is 0. The van der Waals surface area contributed by atoms with Crippen molar-refractivity contribution >= 4 is 0 Å². The molecule has 0 aromatic rings. The number of hydrogen-bond donors (Lipinski definition) is 4. The van der Waals surface area contributed by atoms with Gasteiger partial charge in [0, 0.05) is 13.1 Å². The zero-order valence-corrected chi connectivity index (χ0v) is 11.0. The van der Waals surface area contributed by atoms with Crippen LogP contribution in [-0.4, -0.2) is 48.6 Å². The van der Waals surface area contributed by atoms with Crippen LogP contribution < -0.4 is 10.6 Å². The van der Waals surface area contributed by atoms with E-state index in [9.17, 15) is 0 Å². The highest BCUT2D eigenvalue weighted by molar-refractivity contribution is 4.68. The topological polar surface area (TPSA) is 64.5 Å². The minimum absolute atomic E-state index is 0.282. The highest BCUT2D eigenvalue weighted by atomic mass is 16.3. The third-order valence-corrected chi connectivity index (χ3v) is 2.78. The molecule has 0 saturated heterocycles. The largest absolute Gasteiger partial charge is 0.392 e.